The first kappa shape index (κ1) is 15.5. The summed E-state index contributed by atoms with van der Waals surface area (Å²) in [6, 6.07) is 12.0. The Bertz CT molecular complexity index is 656. The summed E-state index contributed by atoms with van der Waals surface area (Å²) in [7, 11) is 0. The maximum atomic E-state index is 12.3. The molecule has 1 aliphatic rings. The van der Waals surface area contributed by atoms with Gasteiger partial charge in [-0.15, -0.1) is 11.3 Å². The number of hydrogen-bond acceptors (Lipinski definition) is 4. The highest BCUT2D eigenvalue weighted by atomic mass is 35.5. The Morgan fingerprint density at radius 2 is 2.18 bits per heavy atom. The molecule has 0 N–H and O–H groups in total. The lowest BCUT2D eigenvalue weighted by atomic mass is 10.0. The molecule has 0 spiro atoms. The van der Waals surface area contributed by atoms with E-state index in [0.717, 1.165) is 17.4 Å². The molecule has 3 rings (SSSR count). The number of ether oxygens (including phenoxy) is 1. The number of nitrogens with zero attached hydrogens (tertiary/aromatic N) is 1. The summed E-state index contributed by atoms with van der Waals surface area (Å²) in [5.41, 5.74) is 2.42. The molecule has 1 aromatic heterocycles. The van der Waals surface area contributed by atoms with E-state index in [1.165, 1.54) is 16.0 Å². The smallest absolute Gasteiger partial charge is 0.323 e. The average molecular weight is 336 g/mol. The SMILES string of the molecule is CCOC(=O)C1Cc2sc(Cl)cc2CN1Cc1ccccc1. The molecular formula is C17H18ClNO2S. The summed E-state index contributed by atoms with van der Waals surface area (Å²) >= 11 is 7.70. The number of fused-ring (bicyclic) bond motifs is 1. The van der Waals surface area contributed by atoms with Gasteiger partial charge in [-0.3, -0.25) is 9.69 Å². The molecule has 0 amide bonds. The Kier molecular flexibility index (Phi) is 4.81. The lowest BCUT2D eigenvalue weighted by Gasteiger charge is -2.33. The van der Waals surface area contributed by atoms with E-state index in [4.69, 9.17) is 16.3 Å². The molecule has 0 aliphatic carbocycles. The van der Waals surface area contributed by atoms with Crippen molar-refractivity contribution in [1.82, 2.24) is 4.90 Å². The zero-order valence-corrected chi connectivity index (χ0v) is 14.0. The second-order valence-electron chi connectivity index (χ2n) is 5.36. The summed E-state index contributed by atoms with van der Waals surface area (Å²) in [6.07, 6.45) is 0.679. The monoisotopic (exact) mass is 335 g/mol. The Morgan fingerprint density at radius 1 is 1.41 bits per heavy atom. The van der Waals surface area contributed by atoms with Gasteiger partial charge >= 0.3 is 5.97 Å². The van der Waals surface area contributed by atoms with Gasteiger partial charge in [0.05, 0.1) is 10.9 Å². The Hall–Kier alpha value is -1.36. The molecule has 0 radical (unpaired) electrons. The molecule has 116 valence electrons. The van der Waals surface area contributed by atoms with Crippen molar-refractivity contribution in [2.24, 2.45) is 0 Å². The molecule has 3 nitrogen and oxygen atoms in total. The quantitative estimate of drug-likeness (QED) is 0.794. The number of esters is 1. The van der Waals surface area contributed by atoms with Crippen LogP contribution < -0.4 is 0 Å². The second kappa shape index (κ2) is 6.82. The molecule has 0 saturated heterocycles. The number of carbonyl (C=O) groups excluding carboxylic acids is 1. The average Bonchev–Trinajstić information content (AvgIpc) is 2.87. The van der Waals surface area contributed by atoms with Gasteiger partial charge in [0.15, 0.2) is 0 Å². The molecule has 5 heteroatoms. The molecule has 1 aromatic carbocycles. The minimum atomic E-state index is -0.234. The van der Waals surface area contributed by atoms with E-state index >= 15 is 0 Å². The van der Waals surface area contributed by atoms with Gasteiger partial charge in [0.2, 0.25) is 0 Å². The maximum absolute atomic E-state index is 12.3. The van der Waals surface area contributed by atoms with E-state index in [1.54, 1.807) is 11.3 Å². The summed E-state index contributed by atoms with van der Waals surface area (Å²) in [5.74, 6) is -0.145. The van der Waals surface area contributed by atoms with Crippen LogP contribution in [-0.4, -0.2) is 23.5 Å². The van der Waals surface area contributed by atoms with Gasteiger partial charge in [-0.25, -0.2) is 0 Å². The number of benzene rings is 1. The first-order valence-electron chi connectivity index (χ1n) is 7.39. The number of halogens is 1. The Morgan fingerprint density at radius 3 is 2.91 bits per heavy atom. The van der Waals surface area contributed by atoms with Crippen LogP contribution in [0, 0.1) is 0 Å². The highest BCUT2D eigenvalue weighted by Crippen LogP contribution is 2.34. The summed E-state index contributed by atoms with van der Waals surface area (Å²) in [6.45, 7) is 3.72. The van der Waals surface area contributed by atoms with Crippen LogP contribution in [0.1, 0.15) is 22.9 Å². The van der Waals surface area contributed by atoms with Crippen molar-refractivity contribution in [3.05, 3.63) is 56.7 Å². The number of rotatable bonds is 4. The van der Waals surface area contributed by atoms with Crippen LogP contribution in [0.25, 0.3) is 0 Å². The van der Waals surface area contributed by atoms with Gasteiger partial charge in [0.25, 0.3) is 0 Å². The fourth-order valence-corrected chi connectivity index (χ4v) is 4.17. The van der Waals surface area contributed by atoms with Crippen molar-refractivity contribution in [3.63, 3.8) is 0 Å². The third kappa shape index (κ3) is 3.35. The Labute approximate surface area is 139 Å². The van der Waals surface area contributed by atoms with Gasteiger partial charge in [-0.05, 0) is 24.1 Å². The summed E-state index contributed by atoms with van der Waals surface area (Å²) < 4.78 is 6.05. The van der Waals surface area contributed by atoms with Gasteiger partial charge in [-0.2, -0.15) is 0 Å². The number of hydrogen-bond donors (Lipinski definition) is 0. The van der Waals surface area contributed by atoms with Crippen LogP contribution in [0.15, 0.2) is 36.4 Å². The lowest BCUT2D eigenvalue weighted by molar-refractivity contribution is -0.150. The lowest BCUT2D eigenvalue weighted by Crippen LogP contribution is -2.45. The van der Waals surface area contributed by atoms with E-state index in [-0.39, 0.29) is 12.0 Å². The van der Waals surface area contributed by atoms with Crippen molar-refractivity contribution in [3.8, 4) is 0 Å². The molecular weight excluding hydrogens is 318 g/mol. The van der Waals surface area contributed by atoms with E-state index in [0.29, 0.717) is 13.0 Å². The first-order valence-corrected chi connectivity index (χ1v) is 8.58. The molecule has 1 atom stereocenters. The normalized spacial score (nSPS) is 18.0. The molecule has 0 bridgehead atoms. The molecule has 2 heterocycles. The number of carbonyl (C=O) groups is 1. The van der Waals surface area contributed by atoms with Crippen molar-refractivity contribution in [2.75, 3.05) is 6.61 Å². The molecule has 1 unspecified atom stereocenters. The van der Waals surface area contributed by atoms with Gasteiger partial charge in [0.1, 0.15) is 6.04 Å². The standard InChI is InChI=1S/C17H18ClNO2S/c1-2-21-17(20)14-9-15-13(8-16(18)22-15)11-19(14)10-12-6-4-3-5-7-12/h3-8,14H,2,9-11H2,1H3. The van der Waals surface area contributed by atoms with Crippen LogP contribution in [0.5, 0.6) is 0 Å². The van der Waals surface area contributed by atoms with Crippen LogP contribution in [-0.2, 0) is 29.0 Å². The minimum absolute atomic E-state index is 0.145. The van der Waals surface area contributed by atoms with Crippen molar-refractivity contribution >= 4 is 28.9 Å². The molecule has 22 heavy (non-hydrogen) atoms. The Balaban J connectivity index is 1.85. The van der Waals surface area contributed by atoms with Crippen LogP contribution in [0.3, 0.4) is 0 Å². The van der Waals surface area contributed by atoms with Crippen molar-refractivity contribution in [1.29, 1.82) is 0 Å². The zero-order chi connectivity index (χ0) is 15.5. The fraction of sp³-hybridized carbons (Fsp3) is 0.353. The second-order valence-corrected chi connectivity index (χ2v) is 7.13. The maximum Gasteiger partial charge on any atom is 0.323 e. The molecule has 0 saturated carbocycles. The molecule has 0 fully saturated rings. The summed E-state index contributed by atoms with van der Waals surface area (Å²) in [5, 5.41) is 0. The van der Waals surface area contributed by atoms with E-state index in [1.807, 2.05) is 31.2 Å². The molecule has 1 aliphatic heterocycles. The number of thiophene rings is 1. The van der Waals surface area contributed by atoms with E-state index in [2.05, 4.69) is 17.0 Å². The van der Waals surface area contributed by atoms with E-state index < -0.39 is 0 Å². The topological polar surface area (TPSA) is 29.5 Å². The third-order valence-corrected chi connectivity index (χ3v) is 5.18. The van der Waals surface area contributed by atoms with Crippen molar-refractivity contribution < 1.29 is 9.53 Å². The van der Waals surface area contributed by atoms with E-state index in [9.17, 15) is 4.79 Å². The predicted molar refractivity (Wildman–Crippen MR) is 89.1 cm³/mol. The predicted octanol–water partition coefficient (Wildman–Crippen LogP) is 3.89. The van der Waals surface area contributed by atoms with Crippen molar-refractivity contribution in [2.45, 2.75) is 32.5 Å². The minimum Gasteiger partial charge on any atom is -0.465 e. The van der Waals surface area contributed by atoms with Crippen LogP contribution in [0.2, 0.25) is 4.34 Å². The first-order chi connectivity index (χ1) is 10.7. The highest BCUT2D eigenvalue weighted by molar-refractivity contribution is 7.16. The zero-order valence-electron chi connectivity index (χ0n) is 12.4. The largest absolute Gasteiger partial charge is 0.465 e. The van der Waals surface area contributed by atoms with Gasteiger partial charge in [0, 0.05) is 24.4 Å². The fourth-order valence-electron chi connectivity index (χ4n) is 2.83. The van der Waals surface area contributed by atoms with Gasteiger partial charge < -0.3 is 4.74 Å². The van der Waals surface area contributed by atoms with Crippen LogP contribution >= 0.6 is 22.9 Å². The highest BCUT2D eigenvalue weighted by Gasteiger charge is 2.33. The van der Waals surface area contributed by atoms with Gasteiger partial charge in [-0.1, -0.05) is 41.9 Å². The molecule has 2 aromatic rings. The van der Waals surface area contributed by atoms with Crippen LogP contribution in [0.4, 0.5) is 0 Å². The third-order valence-electron chi connectivity index (χ3n) is 3.85. The summed E-state index contributed by atoms with van der Waals surface area (Å²) in [4.78, 5) is 15.7.